The van der Waals surface area contributed by atoms with E-state index in [1.807, 2.05) is 6.92 Å². The third-order valence-electron chi connectivity index (χ3n) is 3.43. The molecule has 0 radical (unpaired) electrons. The van der Waals surface area contributed by atoms with E-state index in [-0.39, 0.29) is 11.5 Å². The normalized spacial score (nSPS) is 21.5. The number of methoxy groups -OCH3 is 1. The van der Waals surface area contributed by atoms with E-state index in [9.17, 15) is 4.79 Å². The molecule has 0 bridgehead atoms. The Bertz CT molecular complexity index is 210. The summed E-state index contributed by atoms with van der Waals surface area (Å²) in [6.07, 6.45) is 5.74. The fourth-order valence-electron chi connectivity index (χ4n) is 2.23. The molecule has 1 atom stereocenters. The van der Waals surface area contributed by atoms with Crippen molar-refractivity contribution in [2.45, 2.75) is 51.0 Å². The van der Waals surface area contributed by atoms with E-state index < -0.39 is 0 Å². The lowest BCUT2D eigenvalue weighted by molar-refractivity contribution is -0.124. The first-order valence-electron chi connectivity index (χ1n) is 5.88. The second-order valence-corrected chi connectivity index (χ2v) is 4.90. The van der Waals surface area contributed by atoms with Gasteiger partial charge in [-0.25, -0.2) is 0 Å². The first-order valence-corrected chi connectivity index (χ1v) is 5.88. The summed E-state index contributed by atoms with van der Waals surface area (Å²) >= 11 is 0. The van der Waals surface area contributed by atoms with Gasteiger partial charge in [0.1, 0.15) is 5.78 Å². The van der Waals surface area contributed by atoms with Crippen LogP contribution in [0.2, 0.25) is 0 Å². The van der Waals surface area contributed by atoms with Crippen LogP contribution in [-0.4, -0.2) is 25.0 Å². The fourth-order valence-corrected chi connectivity index (χ4v) is 2.23. The van der Waals surface area contributed by atoms with Gasteiger partial charge < -0.3 is 10.5 Å². The largest absolute Gasteiger partial charge is 0.385 e. The first-order chi connectivity index (χ1) is 7.07. The van der Waals surface area contributed by atoms with Crippen LogP contribution < -0.4 is 5.73 Å². The van der Waals surface area contributed by atoms with Crippen LogP contribution in [0, 0.1) is 5.92 Å². The predicted molar refractivity (Wildman–Crippen MR) is 60.7 cm³/mol. The number of nitrogens with two attached hydrogens (primary N) is 1. The Morgan fingerprint density at radius 3 is 2.60 bits per heavy atom. The summed E-state index contributed by atoms with van der Waals surface area (Å²) in [4.78, 5) is 11.9. The lowest BCUT2D eigenvalue weighted by Gasteiger charge is -2.24. The summed E-state index contributed by atoms with van der Waals surface area (Å²) in [6.45, 7) is 2.63. The van der Waals surface area contributed by atoms with Crippen molar-refractivity contribution in [2.75, 3.05) is 13.7 Å². The molecule has 1 unspecified atom stereocenters. The maximum atomic E-state index is 11.9. The van der Waals surface area contributed by atoms with Gasteiger partial charge in [0.2, 0.25) is 0 Å². The van der Waals surface area contributed by atoms with Gasteiger partial charge in [0, 0.05) is 31.6 Å². The summed E-state index contributed by atoms with van der Waals surface area (Å²) in [6, 6.07) is 0. The van der Waals surface area contributed by atoms with Crippen LogP contribution in [0.5, 0.6) is 0 Å². The topological polar surface area (TPSA) is 52.3 Å². The van der Waals surface area contributed by atoms with Gasteiger partial charge in [-0.1, -0.05) is 19.8 Å². The monoisotopic (exact) mass is 213 g/mol. The van der Waals surface area contributed by atoms with Gasteiger partial charge in [0.05, 0.1) is 0 Å². The molecule has 1 saturated carbocycles. The zero-order valence-electron chi connectivity index (χ0n) is 9.92. The Morgan fingerprint density at radius 2 is 2.07 bits per heavy atom. The number of carbonyl (C=O) groups excluding carboxylic acids is 1. The molecule has 1 fully saturated rings. The molecule has 1 aliphatic rings. The molecule has 0 aromatic rings. The molecule has 88 valence electrons. The molecule has 2 N–H and O–H groups in total. The van der Waals surface area contributed by atoms with Crippen molar-refractivity contribution in [3.63, 3.8) is 0 Å². The van der Waals surface area contributed by atoms with Gasteiger partial charge in [0.25, 0.3) is 0 Å². The molecule has 1 aliphatic carbocycles. The molecular formula is C12H23NO2. The van der Waals surface area contributed by atoms with Crippen LogP contribution in [0.25, 0.3) is 0 Å². The minimum atomic E-state index is -0.196. The maximum absolute atomic E-state index is 11.9. The van der Waals surface area contributed by atoms with E-state index in [0.717, 1.165) is 19.3 Å². The number of carbonyl (C=O) groups is 1. The van der Waals surface area contributed by atoms with Gasteiger partial charge >= 0.3 is 0 Å². The van der Waals surface area contributed by atoms with Crippen LogP contribution >= 0.6 is 0 Å². The number of rotatable bonds is 6. The van der Waals surface area contributed by atoms with Gasteiger partial charge in [-0.05, 0) is 19.3 Å². The van der Waals surface area contributed by atoms with E-state index in [1.165, 1.54) is 12.8 Å². The summed E-state index contributed by atoms with van der Waals surface area (Å²) < 4.78 is 4.97. The molecule has 0 spiro atoms. The minimum Gasteiger partial charge on any atom is -0.385 e. The van der Waals surface area contributed by atoms with E-state index in [0.29, 0.717) is 18.8 Å². The number of ketones is 1. The number of ether oxygens (including phenoxy) is 1. The molecule has 0 saturated heterocycles. The highest BCUT2D eigenvalue weighted by Crippen LogP contribution is 2.31. The summed E-state index contributed by atoms with van der Waals surface area (Å²) in [5.41, 5.74) is 5.98. The van der Waals surface area contributed by atoms with Crippen molar-refractivity contribution >= 4 is 5.78 Å². The van der Waals surface area contributed by atoms with Crippen molar-refractivity contribution in [3.05, 3.63) is 0 Å². The van der Waals surface area contributed by atoms with Crippen molar-refractivity contribution in [1.82, 2.24) is 0 Å². The number of Topliss-reactive ketones (excluding diaryl/α,β-unsaturated/α-hetero) is 1. The van der Waals surface area contributed by atoms with Gasteiger partial charge in [-0.2, -0.15) is 0 Å². The number of hydrogen-bond acceptors (Lipinski definition) is 3. The van der Waals surface area contributed by atoms with E-state index in [4.69, 9.17) is 10.5 Å². The molecule has 0 aromatic carbocycles. The lowest BCUT2D eigenvalue weighted by atomic mass is 9.87. The van der Waals surface area contributed by atoms with Crippen molar-refractivity contribution in [2.24, 2.45) is 11.7 Å². The van der Waals surface area contributed by atoms with Crippen molar-refractivity contribution < 1.29 is 9.53 Å². The van der Waals surface area contributed by atoms with Crippen molar-refractivity contribution in [1.29, 1.82) is 0 Å². The van der Waals surface area contributed by atoms with Crippen LogP contribution in [0.3, 0.4) is 0 Å². The highest BCUT2D eigenvalue weighted by atomic mass is 16.5. The second-order valence-electron chi connectivity index (χ2n) is 4.90. The van der Waals surface area contributed by atoms with Crippen LogP contribution in [0.15, 0.2) is 0 Å². The first kappa shape index (κ1) is 12.7. The Morgan fingerprint density at radius 1 is 1.47 bits per heavy atom. The standard InChI is InChI=1S/C12H23NO2/c1-10(5-8-15-2)11(14)9-12(13)6-3-4-7-12/h10H,3-9,13H2,1-2H3. The van der Waals surface area contributed by atoms with Crippen LogP contribution in [-0.2, 0) is 9.53 Å². The Hall–Kier alpha value is -0.410. The predicted octanol–water partition coefficient (Wildman–Crippen LogP) is 1.89. The SMILES string of the molecule is COCCC(C)C(=O)CC1(N)CCCC1. The van der Waals surface area contributed by atoms with Gasteiger partial charge in [-0.15, -0.1) is 0 Å². The molecule has 0 amide bonds. The molecule has 1 rings (SSSR count). The smallest absolute Gasteiger partial charge is 0.137 e. The molecule has 0 heterocycles. The lowest BCUT2D eigenvalue weighted by Crippen LogP contribution is -2.40. The molecule has 3 nitrogen and oxygen atoms in total. The quantitative estimate of drug-likeness (QED) is 0.733. The van der Waals surface area contributed by atoms with E-state index in [2.05, 4.69) is 0 Å². The van der Waals surface area contributed by atoms with E-state index in [1.54, 1.807) is 7.11 Å². The molecule has 0 aliphatic heterocycles. The Kier molecular flexibility index (Phi) is 4.74. The summed E-state index contributed by atoms with van der Waals surface area (Å²) in [5, 5.41) is 0. The Labute approximate surface area is 92.4 Å². The van der Waals surface area contributed by atoms with Crippen LogP contribution in [0.1, 0.15) is 45.4 Å². The minimum absolute atomic E-state index is 0.0889. The number of hydrogen-bond donors (Lipinski definition) is 1. The fraction of sp³-hybridized carbons (Fsp3) is 0.917. The molecule has 15 heavy (non-hydrogen) atoms. The molecular weight excluding hydrogens is 190 g/mol. The average Bonchev–Trinajstić information content (AvgIpc) is 2.61. The highest BCUT2D eigenvalue weighted by molar-refractivity contribution is 5.81. The van der Waals surface area contributed by atoms with Crippen LogP contribution in [0.4, 0.5) is 0 Å². The summed E-state index contributed by atoms with van der Waals surface area (Å²) in [7, 11) is 1.67. The molecule has 0 aromatic heterocycles. The Balaban J connectivity index is 2.33. The summed E-state index contributed by atoms with van der Waals surface area (Å²) in [5.74, 6) is 0.391. The van der Waals surface area contributed by atoms with E-state index >= 15 is 0 Å². The van der Waals surface area contributed by atoms with Gasteiger partial charge in [0.15, 0.2) is 0 Å². The molecule has 3 heteroatoms. The zero-order valence-corrected chi connectivity index (χ0v) is 9.92. The second kappa shape index (κ2) is 5.61. The maximum Gasteiger partial charge on any atom is 0.137 e. The van der Waals surface area contributed by atoms with Crippen molar-refractivity contribution in [3.8, 4) is 0 Å². The van der Waals surface area contributed by atoms with Gasteiger partial charge in [-0.3, -0.25) is 4.79 Å². The average molecular weight is 213 g/mol. The zero-order chi connectivity index (χ0) is 11.3. The highest BCUT2D eigenvalue weighted by Gasteiger charge is 2.32. The third-order valence-corrected chi connectivity index (χ3v) is 3.43. The third kappa shape index (κ3) is 3.92.